The monoisotopic (exact) mass is 485 g/mol. The summed E-state index contributed by atoms with van der Waals surface area (Å²) in [4.78, 5) is 18.8. The van der Waals surface area contributed by atoms with Gasteiger partial charge in [0.25, 0.3) is 5.91 Å². The molecule has 1 aromatic heterocycles. The van der Waals surface area contributed by atoms with Gasteiger partial charge in [0, 0.05) is 18.7 Å². The summed E-state index contributed by atoms with van der Waals surface area (Å²) in [5.74, 6) is -0.990. The van der Waals surface area contributed by atoms with Crippen LogP contribution in [0.1, 0.15) is 41.4 Å². The first-order valence-corrected chi connectivity index (χ1v) is 13.0. The summed E-state index contributed by atoms with van der Waals surface area (Å²) >= 11 is 0. The molecule has 0 spiro atoms. The molecule has 1 saturated heterocycles. The Morgan fingerprint density at radius 1 is 1.21 bits per heavy atom. The van der Waals surface area contributed by atoms with Gasteiger partial charge in [-0.05, 0) is 43.5 Å². The molecule has 0 N–H and O–H groups in total. The average molecular weight is 486 g/mol. The lowest BCUT2D eigenvalue weighted by molar-refractivity contribution is 0.0741. The summed E-state index contributed by atoms with van der Waals surface area (Å²) in [6.07, 6.45) is 3.14. The van der Waals surface area contributed by atoms with Crippen LogP contribution in [-0.2, 0) is 33.4 Å². The maximum atomic E-state index is 13.7. The Labute approximate surface area is 199 Å². The Morgan fingerprint density at radius 3 is 2.68 bits per heavy atom. The fraction of sp³-hybridized carbons (Fsp3) is 0.360. The van der Waals surface area contributed by atoms with E-state index >= 15 is 0 Å². The van der Waals surface area contributed by atoms with Crippen LogP contribution >= 0.6 is 0 Å². The highest BCUT2D eigenvalue weighted by atomic mass is 32.2. The lowest BCUT2D eigenvalue weighted by Crippen LogP contribution is -2.32. The number of hydrogen-bond donors (Lipinski definition) is 0. The zero-order chi connectivity index (χ0) is 24.1. The van der Waals surface area contributed by atoms with E-state index in [1.807, 2.05) is 13.0 Å². The molecule has 9 heteroatoms. The number of ether oxygens (including phenoxy) is 1. The number of sulfone groups is 1. The van der Waals surface area contributed by atoms with Crippen molar-refractivity contribution >= 4 is 15.7 Å². The minimum atomic E-state index is -3.74. The van der Waals surface area contributed by atoms with E-state index in [0.29, 0.717) is 31.0 Å². The molecule has 34 heavy (non-hydrogen) atoms. The minimum Gasteiger partial charge on any atom is -0.376 e. The number of aromatic nitrogens is 2. The Bertz CT molecular complexity index is 1240. The van der Waals surface area contributed by atoms with E-state index in [1.54, 1.807) is 39.8 Å². The van der Waals surface area contributed by atoms with Crippen LogP contribution in [0.15, 0.2) is 66.0 Å². The van der Waals surface area contributed by atoms with Crippen LogP contribution in [0.5, 0.6) is 0 Å². The third kappa shape index (κ3) is 5.53. The van der Waals surface area contributed by atoms with Gasteiger partial charge in [-0.2, -0.15) is 0 Å². The van der Waals surface area contributed by atoms with Crippen molar-refractivity contribution in [3.8, 4) is 0 Å². The van der Waals surface area contributed by atoms with Crippen LogP contribution in [0, 0.1) is 5.82 Å². The van der Waals surface area contributed by atoms with E-state index in [9.17, 15) is 17.6 Å². The molecule has 180 valence electrons. The molecule has 2 aromatic carbocycles. The van der Waals surface area contributed by atoms with Gasteiger partial charge in [0.05, 0.1) is 36.8 Å². The fourth-order valence-corrected chi connectivity index (χ4v) is 5.64. The quantitative estimate of drug-likeness (QED) is 0.460. The molecule has 0 unspecified atom stereocenters. The number of rotatable bonds is 9. The van der Waals surface area contributed by atoms with Crippen molar-refractivity contribution in [2.45, 2.75) is 49.9 Å². The molecule has 4 rings (SSSR count). The Hall–Kier alpha value is -3.04. The molecule has 1 fully saturated rings. The standard InChI is InChI=1S/C25H28FN3O4S/c1-2-28(24(30)20-10-6-11-21(26)14-20)16-22-15-27-25(29(22)17-23-12-7-13-33-23)34(31,32)18-19-8-4-3-5-9-19/h3-6,8-11,14-15,23H,2,7,12-13,16-18H2,1H3/t23-/m0/s1. The number of amides is 1. The number of imidazole rings is 1. The second kappa shape index (κ2) is 10.5. The van der Waals surface area contributed by atoms with Crippen LogP contribution in [-0.4, -0.2) is 48.0 Å². The van der Waals surface area contributed by atoms with Crippen LogP contribution in [0.4, 0.5) is 4.39 Å². The van der Waals surface area contributed by atoms with Crippen molar-refractivity contribution < 1.29 is 22.3 Å². The van der Waals surface area contributed by atoms with Gasteiger partial charge in [-0.15, -0.1) is 0 Å². The first-order valence-electron chi connectivity index (χ1n) is 11.3. The first kappa shape index (κ1) is 24.1. The van der Waals surface area contributed by atoms with E-state index in [0.717, 1.165) is 12.8 Å². The highest BCUT2D eigenvalue weighted by molar-refractivity contribution is 7.90. The molecule has 0 saturated carbocycles. The summed E-state index contributed by atoms with van der Waals surface area (Å²) in [6, 6.07) is 14.5. The van der Waals surface area contributed by atoms with E-state index < -0.39 is 15.7 Å². The average Bonchev–Trinajstić information content (AvgIpc) is 3.48. The van der Waals surface area contributed by atoms with Crippen molar-refractivity contribution in [2.24, 2.45) is 0 Å². The number of hydrogen-bond acceptors (Lipinski definition) is 5. The molecule has 1 amide bonds. The molecular formula is C25H28FN3O4S. The molecule has 0 aliphatic carbocycles. The van der Waals surface area contributed by atoms with Crippen molar-refractivity contribution in [1.29, 1.82) is 0 Å². The Kier molecular flexibility index (Phi) is 7.43. The number of nitrogens with zero attached hydrogens (tertiary/aromatic N) is 3. The smallest absolute Gasteiger partial charge is 0.254 e. The molecule has 3 aromatic rings. The highest BCUT2D eigenvalue weighted by Crippen LogP contribution is 2.23. The SMILES string of the molecule is CCN(Cc1cnc(S(=O)(=O)Cc2ccccc2)n1C[C@@H]1CCCO1)C(=O)c1cccc(F)c1. The normalized spacial score (nSPS) is 16.0. The van der Waals surface area contributed by atoms with Crippen molar-refractivity contribution in [3.05, 3.63) is 83.4 Å². The van der Waals surface area contributed by atoms with Gasteiger partial charge < -0.3 is 14.2 Å². The second-order valence-electron chi connectivity index (χ2n) is 8.35. The van der Waals surface area contributed by atoms with Crippen molar-refractivity contribution in [2.75, 3.05) is 13.2 Å². The summed E-state index contributed by atoms with van der Waals surface area (Å²) in [5.41, 5.74) is 1.50. The van der Waals surface area contributed by atoms with E-state index in [1.165, 1.54) is 24.4 Å². The van der Waals surface area contributed by atoms with Gasteiger partial charge in [0.1, 0.15) is 5.82 Å². The number of carbonyl (C=O) groups excluding carboxylic acids is 1. The lowest BCUT2D eigenvalue weighted by Gasteiger charge is -2.23. The van der Waals surface area contributed by atoms with Gasteiger partial charge in [0.2, 0.25) is 15.0 Å². The van der Waals surface area contributed by atoms with Crippen LogP contribution in [0.3, 0.4) is 0 Å². The van der Waals surface area contributed by atoms with Crippen molar-refractivity contribution in [1.82, 2.24) is 14.5 Å². The maximum absolute atomic E-state index is 13.7. The molecular weight excluding hydrogens is 457 g/mol. The lowest BCUT2D eigenvalue weighted by atomic mass is 10.2. The third-order valence-electron chi connectivity index (χ3n) is 5.88. The fourth-order valence-electron chi connectivity index (χ4n) is 4.14. The predicted molar refractivity (Wildman–Crippen MR) is 125 cm³/mol. The van der Waals surface area contributed by atoms with E-state index in [-0.39, 0.29) is 35.0 Å². The largest absolute Gasteiger partial charge is 0.376 e. The van der Waals surface area contributed by atoms with E-state index in [4.69, 9.17) is 4.74 Å². The molecule has 1 atom stereocenters. The van der Waals surface area contributed by atoms with Crippen LogP contribution in [0.2, 0.25) is 0 Å². The molecule has 2 heterocycles. The first-order chi connectivity index (χ1) is 16.4. The molecule has 7 nitrogen and oxygen atoms in total. The molecule has 0 bridgehead atoms. The third-order valence-corrected chi connectivity index (χ3v) is 7.48. The zero-order valence-electron chi connectivity index (χ0n) is 19.1. The highest BCUT2D eigenvalue weighted by Gasteiger charge is 2.28. The van der Waals surface area contributed by atoms with Crippen molar-refractivity contribution in [3.63, 3.8) is 0 Å². The molecule has 1 aliphatic heterocycles. The van der Waals surface area contributed by atoms with Gasteiger partial charge >= 0.3 is 0 Å². The zero-order valence-corrected chi connectivity index (χ0v) is 19.9. The summed E-state index contributed by atoms with van der Waals surface area (Å²) in [7, 11) is -3.74. The summed E-state index contributed by atoms with van der Waals surface area (Å²) < 4.78 is 47.7. The number of benzene rings is 2. The van der Waals surface area contributed by atoms with Crippen LogP contribution in [0.25, 0.3) is 0 Å². The second-order valence-corrected chi connectivity index (χ2v) is 10.2. The summed E-state index contributed by atoms with van der Waals surface area (Å²) in [5, 5.41) is -0.0314. The maximum Gasteiger partial charge on any atom is 0.254 e. The predicted octanol–water partition coefficient (Wildman–Crippen LogP) is 3.84. The van der Waals surface area contributed by atoms with Gasteiger partial charge in [-0.25, -0.2) is 17.8 Å². The van der Waals surface area contributed by atoms with Gasteiger partial charge in [0.15, 0.2) is 0 Å². The Balaban J connectivity index is 1.65. The number of carbonyl (C=O) groups is 1. The Morgan fingerprint density at radius 2 is 2.00 bits per heavy atom. The summed E-state index contributed by atoms with van der Waals surface area (Å²) in [6.45, 7) is 3.31. The van der Waals surface area contributed by atoms with Gasteiger partial charge in [-0.3, -0.25) is 4.79 Å². The van der Waals surface area contributed by atoms with E-state index in [2.05, 4.69) is 4.98 Å². The topological polar surface area (TPSA) is 81.5 Å². The van der Waals surface area contributed by atoms with Gasteiger partial charge in [-0.1, -0.05) is 36.4 Å². The van der Waals surface area contributed by atoms with Crippen LogP contribution < -0.4 is 0 Å². The molecule has 1 aliphatic rings. The molecule has 0 radical (unpaired) electrons. The minimum absolute atomic E-state index is 0.0314. The number of halogens is 1.